The first-order valence-electron chi connectivity index (χ1n) is 6.10. The molecule has 1 aliphatic rings. The maximum atomic E-state index is 11.6. The van der Waals surface area contributed by atoms with Gasteiger partial charge in [0.05, 0.1) is 11.4 Å². The molecular weight excluding hydrogens is 238 g/mol. The molecule has 2 N–H and O–H groups in total. The van der Waals surface area contributed by atoms with E-state index < -0.39 is 0 Å². The molecule has 1 heterocycles. The van der Waals surface area contributed by atoms with E-state index in [1.165, 1.54) is 0 Å². The zero-order valence-electron chi connectivity index (χ0n) is 10.3. The van der Waals surface area contributed by atoms with E-state index in [-0.39, 0.29) is 12.5 Å². The zero-order valence-corrected chi connectivity index (χ0v) is 10.3. The van der Waals surface area contributed by atoms with E-state index in [1.54, 1.807) is 0 Å². The topological polar surface area (TPSA) is 53.5 Å². The van der Waals surface area contributed by atoms with Crippen LogP contribution in [0.3, 0.4) is 0 Å². The molecule has 0 saturated heterocycles. The third kappa shape index (κ3) is 2.33. The van der Waals surface area contributed by atoms with Gasteiger partial charge in [-0.3, -0.25) is 4.79 Å². The van der Waals surface area contributed by atoms with Gasteiger partial charge in [-0.05, 0) is 6.07 Å². The number of hydrogen-bond acceptors (Lipinski definition) is 3. The van der Waals surface area contributed by atoms with Crippen molar-refractivity contribution >= 4 is 17.3 Å². The Balaban J connectivity index is 2.14. The molecule has 3 rings (SSSR count). The van der Waals surface area contributed by atoms with Crippen molar-refractivity contribution in [3.63, 3.8) is 0 Å². The largest absolute Gasteiger partial charge is 0.324 e. The molecule has 4 nitrogen and oxygen atoms in total. The molecule has 0 spiro atoms. The molecule has 0 bridgehead atoms. The van der Waals surface area contributed by atoms with E-state index in [9.17, 15) is 4.79 Å². The molecule has 2 aromatic carbocycles. The minimum Gasteiger partial charge on any atom is -0.324 e. The monoisotopic (exact) mass is 251 g/mol. The number of hydrogen-bond donors (Lipinski definition) is 2. The number of hydrazone groups is 1. The van der Waals surface area contributed by atoms with Gasteiger partial charge in [0.1, 0.15) is 6.54 Å². The number of carbonyl (C=O) groups is 1. The lowest BCUT2D eigenvalue weighted by Crippen LogP contribution is -2.29. The highest BCUT2D eigenvalue weighted by Crippen LogP contribution is 2.20. The van der Waals surface area contributed by atoms with Gasteiger partial charge in [-0.25, -0.2) is 0 Å². The number of para-hydroxylation sites is 1. The van der Waals surface area contributed by atoms with Crippen LogP contribution in [0.25, 0.3) is 0 Å². The molecule has 0 radical (unpaired) electrons. The lowest BCUT2D eigenvalue weighted by Gasteiger charge is -2.16. The van der Waals surface area contributed by atoms with Gasteiger partial charge in [0, 0.05) is 11.1 Å². The molecule has 94 valence electrons. The van der Waals surface area contributed by atoms with Crippen LogP contribution in [0, 0.1) is 0 Å². The first-order chi connectivity index (χ1) is 9.34. The van der Waals surface area contributed by atoms with Crippen LogP contribution in [0.4, 0.5) is 5.69 Å². The second-order valence-corrected chi connectivity index (χ2v) is 4.26. The van der Waals surface area contributed by atoms with Crippen molar-refractivity contribution in [3.05, 3.63) is 65.7 Å². The summed E-state index contributed by atoms with van der Waals surface area (Å²) in [6.45, 7) is 0.171. The smallest absolute Gasteiger partial charge is 0.245 e. The number of nitrogens with one attached hydrogen (secondary N) is 2. The van der Waals surface area contributed by atoms with Crippen molar-refractivity contribution < 1.29 is 4.79 Å². The van der Waals surface area contributed by atoms with Crippen LogP contribution >= 0.6 is 0 Å². The van der Waals surface area contributed by atoms with Gasteiger partial charge in [-0.15, -0.1) is 0 Å². The van der Waals surface area contributed by atoms with Crippen molar-refractivity contribution in [1.82, 2.24) is 5.43 Å². The van der Waals surface area contributed by atoms with Crippen LogP contribution < -0.4 is 10.7 Å². The summed E-state index contributed by atoms with van der Waals surface area (Å²) in [6, 6.07) is 17.6. The van der Waals surface area contributed by atoms with E-state index in [0.29, 0.717) is 0 Å². The predicted molar refractivity (Wildman–Crippen MR) is 75.2 cm³/mol. The molecule has 0 saturated carbocycles. The molecule has 0 unspecified atom stereocenters. The molecule has 1 amide bonds. The van der Waals surface area contributed by atoms with Crippen molar-refractivity contribution in [2.24, 2.45) is 5.10 Å². The molecule has 2 aromatic rings. The standard InChI is InChI=1S/C15H13N3O/c19-14-10-16-18-15(11-6-2-1-3-7-11)12-8-4-5-9-13(12)17-14/h1-9,16H,10H2,(H,17,19). The normalized spacial score (nSPS) is 14.3. The Bertz CT molecular complexity index is 635. The van der Waals surface area contributed by atoms with Crippen LogP contribution in [-0.4, -0.2) is 18.2 Å². The average Bonchev–Trinajstić information content (AvgIpc) is 2.43. The Morgan fingerprint density at radius 2 is 1.68 bits per heavy atom. The van der Waals surface area contributed by atoms with Crippen molar-refractivity contribution in [1.29, 1.82) is 0 Å². The Labute approximate surface area is 111 Å². The second-order valence-electron chi connectivity index (χ2n) is 4.26. The summed E-state index contributed by atoms with van der Waals surface area (Å²) >= 11 is 0. The van der Waals surface area contributed by atoms with Gasteiger partial charge in [-0.1, -0.05) is 48.5 Å². The quantitative estimate of drug-likeness (QED) is 0.814. The molecular formula is C15H13N3O. The van der Waals surface area contributed by atoms with Crippen LogP contribution in [-0.2, 0) is 4.79 Å². The van der Waals surface area contributed by atoms with Crippen molar-refractivity contribution in [2.45, 2.75) is 0 Å². The number of fused-ring (bicyclic) bond motifs is 1. The van der Waals surface area contributed by atoms with Crippen LogP contribution in [0.1, 0.15) is 11.1 Å². The van der Waals surface area contributed by atoms with Gasteiger partial charge >= 0.3 is 0 Å². The predicted octanol–water partition coefficient (Wildman–Crippen LogP) is 1.98. The maximum absolute atomic E-state index is 11.6. The summed E-state index contributed by atoms with van der Waals surface area (Å²) in [6.07, 6.45) is 0. The fraction of sp³-hybridized carbons (Fsp3) is 0.0667. The molecule has 19 heavy (non-hydrogen) atoms. The maximum Gasteiger partial charge on any atom is 0.245 e. The highest BCUT2D eigenvalue weighted by molar-refractivity contribution is 6.17. The first-order valence-corrected chi connectivity index (χ1v) is 6.10. The van der Waals surface area contributed by atoms with Crippen molar-refractivity contribution in [2.75, 3.05) is 11.9 Å². The average molecular weight is 251 g/mol. The number of anilines is 1. The summed E-state index contributed by atoms with van der Waals surface area (Å²) in [5, 5.41) is 7.23. The molecule has 4 heteroatoms. The molecule has 1 aliphatic heterocycles. The fourth-order valence-corrected chi connectivity index (χ4v) is 2.06. The number of rotatable bonds is 1. The van der Waals surface area contributed by atoms with Crippen molar-refractivity contribution in [3.8, 4) is 0 Å². The number of nitrogens with zero attached hydrogens (tertiary/aromatic N) is 1. The Morgan fingerprint density at radius 1 is 0.947 bits per heavy atom. The number of benzene rings is 2. The lowest BCUT2D eigenvalue weighted by atomic mass is 10.0. The minimum absolute atomic E-state index is 0.0942. The van der Waals surface area contributed by atoms with Gasteiger partial charge in [0.15, 0.2) is 0 Å². The summed E-state index contributed by atoms with van der Waals surface area (Å²) < 4.78 is 0. The Hall–Kier alpha value is -2.62. The summed E-state index contributed by atoms with van der Waals surface area (Å²) in [7, 11) is 0. The summed E-state index contributed by atoms with van der Waals surface area (Å²) in [4.78, 5) is 11.6. The molecule has 0 aliphatic carbocycles. The van der Waals surface area contributed by atoms with E-state index in [1.807, 2.05) is 54.6 Å². The van der Waals surface area contributed by atoms with Crippen LogP contribution in [0.2, 0.25) is 0 Å². The Morgan fingerprint density at radius 3 is 2.53 bits per heavy atom. The van der Waals surface area contributed by atoms with E-state index in [4.69, 9.17) is 0 Å². The number of carbonyl (C=O) groups excluding carboxylic acids is 1. The number of amides is 1. The first kappa shape index (κ1) is 11.5. The van der Waals surface area contributed by atoms with E-state index in [0.717, 1.165) is 22.5 Å². The highest BCUT2D eigenvalue weighted by Gasteiger charge is 2.15. The third-order valence-corrected chi connectivity index (χ3v) is 2.93. The van der Waals surface area contributed by atoms with Gasteiger partial charge in [0.2, 0.25) is 5.91 Å². The third-order valence-electron chi connectivity index (χ3n) is 2.93. The Kier molecular flexibility index (Phi) is 2.98. The van der Waals surface area contributed by atoms with Gasteiger partial charge < -0.3 is 10.7 Å². The van der Waals surface area contributed by atoms with Gasteiger partial charge in [0.25, 0.3) is 0 Å². The van der Waals surface area contributed by atoms with E-state index in [2.05, 4.69) is 15.8 Å². The molecule has 0 aromatic heterocycles. The second kappa shape index (κ2) is 4.94. The highest BCUT2D eigenvalue weighted by atomic mass is 16.2. The lowest BCUT2D eigenvalue weighted by molar-refractivity contribution is -0.115. The fourth-order valence-electron chi connectivity index (χ4n) is 2.06. The van der Waals surface area contributed by atoms with E-state index >= 15 is 0 Å². The summed E-state index contributed by atoms with van der Waals surface area (Å²) in [5.41, 5.74) is 6.34. The van der Waals surface area contributed by atoms with Crippen LogP contribution in [0.5, 0.6) is 0 Å². The zero-order chi connectivity index (χ0) is 13.1. The molecule has 0 fully saturated rings. The SMILES string of the molecule is O=C1CNN=C(c2ccccc2)c2ccccc2N1. The van der Waals surface area contributed by atoms with Gasteiger partial charge in [-0.2, -0.15) is 5.10 Å². The summed E-state index contributed by atoms with van der Waals surface area (Å²) in [5.74, 6) is -0.0942. The van der Waals surface area contributed by atoms with Crippen LogP contribution in [0.15, 0.2) is 59.7 Å². The molecule has 0 atom stereocenters. The minimum atomic E-state index is -0.0942.